The van der Waals surface area contributed by atoms with Crippen LogP contribution >= 0.6 is 0 Å². The normalized spacial score (nSPS) is 9.94. The third-order valence-electron chi connectivity index (χ3n) is 2.23. The molecule has 0 saturated carbocycles. The maximum atomic E-state index is 10.9. The van der Waals surface area contributed by atoms with Crippen molar-refractivity contribution < 1.29 is 15.0 Å². The van der Waals surface area contributed by atoms with Crippen LogP contribution in [0.3, 0.4) is 0 Å². The number of nitrogens with one attached hydrogen (secondary N) is 1. The Morgan fingerprint density at radius 1 is 1.47 bits per heavy atom. The predicted octanol–water partition coefficient (Wildman–Crippen LogP) is 0.995. The fourth-order valence-electron chi connectivity index (χ4n) is 1.48. The molecule has 1 heterocycles. The maximum absolute atomic E-state index is 10.9. The third kappa shape index (κ3) is 2.27. The van der Waals surface area contributed by atoms with Crippen molar-refractivity contribution in [2.24, 2.45) is 0 Å². The lowest BCUT2D eigenvalue weighted by Gasteiger charge is -1.92. The van der Waals surface area contributed by atoms with Crippen molar-refractivity contribution in [2.75, 3.05) is 6.61 Å². The molecule has 2 rings (SSSR count). The molecule has 1 aromatic heterocycles. The third-order valence-corrected chi connectivity index (χ3v) is 2.23. The zero-order valence-corrected chi connectivity index (χ0v) is 8.90. The summed E-state index contributed by atoms with van der Waals surface area (Å²) >= 11 is 0. The van der Waals surface area contributed by atoms with Gasteiger partial charge in [-0.3, -0.25) is 5.10 Å². The first-order valence-corrected chi connectivity index (χ1v) is 5.03. The molecule has 86 valence electrons. The van der Waals surface area contributed by atoms with Crippen molar-refractivity contribution in [1.82, 2.24) is 10.2 Å². The number of aliphatic hydroxyl groups excluding tert-OH is 1. The summed E-state index contributed by atoms with van der Waals surface area (Å²) in [5, 5.41) is 24.4. The summed E-state index contributed by atoms with van der Waals surface area (Å²) in [4.78, 5) is 10.9. The molecule has 0 fully saturated rings. The number of hydrogen-bond donors (Lipinski definition) is 3. The number of carbonyl (C=O) groups is 1. The van der Waals surface area contributed by atoms with E-state index < -0.39 is 5.97 Å². The molecule has 17 heavy (non-hydrogen) atoms. The number of aliphatic hydroxyl groups is 1. The van der Waals surface area contributed by atoms with Crippen LogP contribution in [0.25, 0.3) is 10.9 Å². The fourth-order valence-corrected chi connectivity index (χ4v) is 1.48. The zero-order valence-electron chi connectivity index (χ0n) is 8.90. The van der Waals surface area contributed by atoms with E-state index >= 15 is 0 Å². The lowest BCUT2D eigenvalue weighted by molar-refractivity contribution is 0.0692. The zero-order chi connectivity index (χ0) is 12.3. The summed E-state index contributed by atoms with van der Waals surface area (Å²) in [5.41, 5.74) is 1.36. The molecular weight excluding hydrogens is 220 g/mol. The molecule has 5 heteroatoms. The van der Waals surface area contributed by atoms with Gasteiger partial charge in [0.05, 0.1) is 12.1 Å². The number of aromatic amines is 1. The number of aromatic nitrogens is 2. The van der Waals surface area contributed by atoms with Gasteiger partial charge >= 0.3 is 5.97 Å². The molecule has 0 amide bonds. The molecular formula is C12H10N2O3. The van der Waals surface area contributed by atoms with Crippen molar-refractivity contribution >= 4 is 16.9 Å². The molecule has 0 aliphatic rings. The predicted molar refractivity (Wildman–Crippen MR) is 61.6 cm³/mol. The summed E-state index contributed by atoms with van der Waals surface area (Å²) in [6.45, 7) is 0.0152. The van der Waals surface area contributed by atoms with Gasteiger partial charge in [0.2, 0.25) is 0 Å². The molecule has 0 unspecified atom stereocenters. The average Bonchev–Trinajstić information content (AvgIpc) is 2.72. The Bertz CT molecular complexity index is 619. The van der Waals surface area contributed by atoms with Crippen LogP contribution in [0.4, 0.5) is 0 Å². The molecule has 0 saturated heterocycles. The minimum absolute atomic E-state index is 0.00851. The smallest absolute Gasteiger partial charge is 0.357 e. The molecule has 3 N–H and O–H groups in total. The van der Waals surface area contributed by atoms with Gasteiger partial charge in [0.25, 0.3) is 0 Å². The standard InChI is InChI=1S/C12H10N2O3/c15-6-2-1-3-8-4-5-10-9(7-8)11(12(16)17)14-13-10/h4-5,7,15H,2,6H2,(H,13,14)(H,16,17). The number of nitrogens with zero attached hydrogens (tertiary/aromatic N) is 1. The Hall–Kier alpha value is -2.32. The quantitative estimate of drug-likeness (QED) is 0.671. The van der Waals surface area contributed by atoms with Crippen molar-refractivity contribution in [3.63, 3.8) is 0 Å². The number of rotatable bonds is 2. The number of carboxylic acids is 1. The van der Waals surface area contributed by atoms with Crippen molar-refractivity contribution in [2.45, 2.75) is 6.42 Å². The number of fused-ring (bicyclic) bond motifs is 1. The van der Waals surface area contributed by atoms with Gasteiger partial charge in [-0.15, -0.1) is 0 Å². The van der Waals surface area contributed by atoms with Gasteiger partial charge in [-0.2, -0.15) is 5.10 Å². The van der Waals surface area contributed by atoms with Crippen LogP contribution in [0, 0.1) is 11.8 Å². The summed E-state index contributed by atoms with van der Waals surface area (Å²) < 4.78 is 0. The van der Waals surface area contributed by atoms with Crippen molar-refractivity contribution in [3.05, 3.63) is 29.5 Å². The molecule has 0 aliphatic carbocycles. The molecule has 0 spiro atoms. The fraction of sp³-hybridized carbons (Fsp3) is 0.167. The molecule has 0 atom stereocenters. The van der Waals surface area contributed by atoms with Gasteiger partial charge in [0.1, 0.15) is 0 Å². The number of aromatic carboxylic acids is 1. The lowest BCUT2D eigenvalue weighted by Crippen LogP contribution is -1.96. The topological polar surface area (TPSA) is 86.2 Å². The largest absolute Gasteiger partial charge is 0.476 e. The Morgan fingerprint density at radius 3 is 3.00 bits per heavy atom. The van der Waals surface area contributed by atoms with E-state index in [4.69, 9.17) is 10.2 Å². The SMILES string of the molecule is O=C(O)c1n[nH]c2ccc(C#CCCO)cc12. The first-order chi connectivity index (χ1) is 8.22. The molecule has 2 aromatic rings. The van der Waals surface area contributed by atoms with Gasteiger partial charge in [-0.25, -0.2) is 4.79 Å². The van der Waals surface area contributed by atoms with Crippen molar-refractivity contribution in [1.29, 1.82) is 0 Å². The van der Waals surface area contributed by atoms with E-state index in [2.05, 4.69) is 22.0 Å². The lowest BCUT2D eigenvalue weighted by atomic mass is 10.1. The highest BCUT2D eigenvalue weighted by Gasteiger charge is 2.12. The van der Waals surface area contributed by atoms with Gasteiger partial charge in [0.15, 0.2) is 5.69 Å². The number of benzene rings is 1. The number of hydrogen-bond acceptors (Lipinski definition) is 3. The van der Waals surface area contributed by atoms with Gasteiger partial charge in [0, 0.05) is 17.4 Å². The summed E-state index contributed by atoms with van der Waals surface area (Å²) in [6.07, 6.45) is 0.398. The average molecular weight is 230 g/mol. The first-order valence-electron chi connectivity index (χ1n) is 5.03. The van der Waals surface area contributed by atoms with E-state index in [0.29, 0.717) is 22.9 Å². The second-order valence-corrected chi connectivity index (χ2v) is 3.41. The van der Waals surface area contributed by atoms with Crippen LogP contribution in [-0.2, 0) is 0 Å². The van der Waals surface area contributed by atoms with Crippen LogP contribution in [0.2, 0.25) is 0 Å². The highest BCUT2D eigenvalue weighted by atomic mass is 16.4. The van der Waals surface area contributed by atoms with E-state index in [-0.39, 0.29) is 12.3 Å². The molecule has 1 aromatic carbocycles. The Balaban J connectivity index is 2.45. The van der Waals surface area contributed by atoms with E-state index in [1.54, 1.807) is 18.2 Å². The minimum Gasteiger partial charge on any atom is -0.476 e. The molecule has 0 radical (unpaired) electrons. The summed E-state index contributed by atoms with van der Waals surface area (Å²) in [7, 11) is 0. The van der Waals surface area contributed by atoms with Crippen LogP contribution in [0.15, 0.2) is 18.2 Å². The maximum Gasteiger partial charge on any atom is 0.357 e. The number of carboxylic acid groups (broad SMARTS) is 1. The Labute approximate surface area is 97.1 Å². The van der Waals surface area contributed by atoms with Gasteiger partial charge in [-0.05, 0) is 18.2 Å². The molecule has 0 bridgehead atoms. The highest BCUT2D eigenvalue weighted by Crippen LogP contribution is 2.17. The van der Waals surface area contributed by atoms with Crippen LogP contribution in [0.5, 0.6) is 0 Å². The molecule has 0 aliphatic heterocycles. The van der Waals surface area contributed by atoms with Gasteiger partial charge < -0.3 is 10.2 Å². The van der Waals surface area contributed by atoms with E-state index in [1.165, 1.54) is 0 Å². The van der Waals surface area contributed by atoms with Crippen molar-refractivity contribution in [3.8, 4) is 11.8 Å². The Morgan fingerprint density at radius 2 is 2.29 bits per heavy atom. The second-order valence-electron chi connectivity index (χ2n) is 3.41. The van der Waals surface area contributed by atoms with Crippen LogP contribution < -0.4 is 0 Å². The van der Waals surface area contributed by atoms with Crippen LogP contribution in [0.1, 0.15) is 22.5 Å². The second kappa shape index (κ2) is 4.68. The van der Waals surface area contributed by atoms with E-state index in [9.17, 15) is 4.79 Å². The van der Waals surface area contributed by atoms with E-state index in [0.717, 1.165) is 0 Å². The van der Waals surface area contributed by atoms with Crippen LogP contribution in [-0.4, -0.2) is 33.0 Å². The summed E-state index contributed by atoms with van der Waals surface area (Å²) in [5.74, 6) is 4.56. The first kappa shape index (κ1) is 11.2. The molecule has 5 nitrogen and oxygen atoms in total. The monoisotopic (exact) mass is 230 g/mol. The summed E-state index contributed by atoms with van der Waals surface area (Å²) in [6, 6.07) is 5.18. The Kier molecular flexibility index (Phi) is 3.08. The van der Waals surface area contributed by atoms with Gasteiger partial charge in [-0.1, -0.05) is 11.8 Å². The number of H-pyrrole nitrogens is 1. The highest BCUT2D eigenvalue weighted by molar-refractivity contribution is 6.01. The minimum atomic E-state index is -1.07. The van der Waals surface area contributed by atoms with E-state index in [1.807, 2.05) is 0 Å².